The summed E-state index contributed by atoms with van der Waals surface area (Å²) in [7, 11) is 1.77. The number of aryl methyl sites for hydroxylation is 1. The minimum Gasteiger partial charge on any atom is -0.384 e. The summed E-state index contributed by atoms with van der Waals surface area (Å²) in [6, 6.07) is 1.99. The number of aromatic nitrogens is 2. The largest absolute Gasteiger partial charge is 0.384 e. The van der Waals surface area contributed by atoms with Crippen molar-refractivity contribution in [3.8, 4) is 0 Å². The molecule has 1 aliphatic heterocycles. The van der Waals surface area contributed by atoms with E-state index in [-0.39, 0.29) is 0 Å². The van der Waals surface area contributed by atoms with E-state index in [0.717, 1.165) is 35.9 Å². The first-order valence-corrected chi connectivity index (χ1v) is 6.73. The van der Waals surface area contributed by atoms with Crippen molar-refractivity contribution in [2.24, 2.45) is 5.92 Å². The van der Waals surface area contributed by atoms with Gasteiger partial charge in [0.1, 0.15) is 16.2 Å². The van der Waals surface area contributed by atoms with Gasteiger partial charge in [-0.25, -0.2) is 9.97 Å². The maximum absolute atomic E-state index is 5.24. The molecule has 1 saturated heterocycles. The lowest BCUT2D eigenvalue weighted by molar-refractivity contribution is 0.143. The number of halogens is 1. The minimum atomic E-state index is 0.614. The summed E-state index contributed by atoms with van der Waals surface area (Å²) in [5.74, 6) is 2.44. The molecule has 1 aromatic rings. The summed E-state index contributed by atoms with van der Waals surface area (Å²) in [5, 5.41) is 0. The third-order valence-corrected chi connectivity index (χ3v) is 3.44. The molecule has 2 rings (SSSR count). The third kappa shape index (κ3) is 3.39. The van der Waals surface area contributed by atoms with Crippen LogP contribution in [0, 0.1) is 12.8 Å². The molecule has 2 heterocycles. The van der Waals surface area contributed by atoms with Crippen molar-refractivity contribution in [2.45, 2.75) is 19.8 Å². The molecule has 94 valence electrons. The Balaban J connectivity index is 2.10. The zero-order valence-corrected chi connectivity index (χ0v) is 11.9. The molecule has 0 spiro atoms. The number of methoxy groups -OCH3 is 1. The van der Waals surface area contributed by atoms with Crippen molar-refractivity contribution in [2.75, 3.05) is 31.7 Å². The Labute approximate surface area is 111 Å². The second-order valence-corrected chi connectivity index (χ2v) is 5.32. The molecule has 0 saturated carbocycles. The van der Waals surface area contributed by atoms with E-state index in [1.165, 1.54) is 12.8 Å². The fourth-order valence-corrected chi connectivity index (χ4v) is 2.78. The maximum atomic E-state index is 5.24. The van der Waals surface area contributed by atoms with Gasteiger partial charge in [-0.2, -0.15) is 0 Å². The van der Waals surface area contributed by atoms with Gasteiger partial charge in [-0.05, 0) is 41.6 Å². The second kappa shape index (κ2) is 5.78. The molecule has 1 atom stereocenters. The van der Waals surface area contributed by atoms with Crippen LogP contribution in [0.2, 0.25) is 0 Å². The summed E-state index contributed by atoms with van der Waals surface area (Å²) < 4.78 is 6.10. The molecule has 1 fully saturated rings. The zero-order valence-electron chi connectivity index (χ0n) is 10.3. The van der Waals surface area contributed by atoms with Crippen molar-refractivity contribution in [3.05, 3.63) is 16.5 Å². The lowest BCUT2D eigenvalue weighted by atomic mass is 9.99. The molecule has 4 nitrogen and oxygen atoms in total. The molecule has 1 unspecified atom stereocenters. The van der Waals surface area contributed by atoms with Crippen LogP contribution in [0.1, 0.15) is 18.7 Å². The monoisotopic (exact) mass is 299 g/mol. The Morgan fingerprint density at radius 3 is 3.06 bits per heavy atom. The predicted octanol–water partition coefficient (Wildman–Crippen LogP) is 2.41. The van der Waals surface area contributed by atoms with Gasteiger partial charge in [-0.3, -0.25) is 0 Å². The normalized spacial score (nSPS) is 20.6. The number of anilines is 1. The smallest absolute Gasteiger partial charge is 0.133 e. The van der Waals surface area contributed by atoms with Crippen molar-refractivity contribution < 1.29 is 4.74 Å². The molecule has 1 aliphatic rings. The van der Waals surface area contributed by atoms with E-state index in [2.05, 4.69) is 30.8 Å². The Hall–Kier alpha value is -0.680. The van der Waals surface area contributed by atoms with Crippen LogP contribution < -0.4 is 4.90 Å². The number of ether oxygens (including phenoxy) is 1. The van der Waals surface area contributed by atoms with Crippen LogP contribution >= 0.6 is 15.9 Å². The van der Waals surface area contributed by atoms with E-state index in [9.17, 15) is 0 Å². The van der Waals surface area contributed by atoms with Gasteiger partial charge in [-0.15, -0.1) is 0 Å². The average molecular weight is 300 g/mol. The highest BCUT2D eigenvalue weighted by molar-refractivity contribution is 9.10. The summed E-state index contributed by atoms with van der Waals surface area (Å²) in [6.45, 7) is 4.85. The molecular weight excluding hydrogens is 282 g/mol. The third-order valence-electron chi connectivity index (χ3n) is 3.04. The van der Waals surface area contributed by atoms with Gasteiger partial charge in [0.25, 0.3) is 0 Å². The van der Waals surface area contributed by atoms with E-state index in [0.29, 0.717) is 5.92 Å². The number of nitrogens with zero attached hydrogens (tertiary/aromatic N) is 3. The van der Waals surface area contributed by atoms with Crippen LogP contribution in [0.5, 0.6) is 0 Å². The fraction of sp³-hybridized carbons (Fsp3) is 0.667. The zero-order chi connectivity index (χ0) is 12.3. The molecule has 0 aromatic carbocycles. The number of hydrogen-bond donors (Lipinski definition) is 0. The van der Waals surface area contributed by atoms with Gasteiger partial charge in [0.15, 0.2) is 0 Å². The van der Waals surface area contributed by atoms with Crippen LogP contribution in [0.15, 0.2) is 10.7 Å². The Morgan fingerprint density at radius 1 is 1.53 bits per heavy atom. The highest BCUT2D eigenvalue weighted by Crippen LogP contribution is 2.23. The molecule has 0 bridgehead atoms. The standard InChI is InChI=1S/C12H18BrN3O/c1-9-14-11(13)6-12(15-9)16-5-3-4-10(7-16)8-17-2/h6,10H,3-5,7-8H2,1-2H3. The van der Waals surface area contributed by atoms with Crippen LogP contribution in [-0.2, 0) is 4.74 Å². The Bertz CT molecular complexity index is 364. The van der Waals surface area contributed by atoms with E-state index in [4.69, 9.17) is 4.74 Å². The molecule has 5 heteroatoms. The molecule has 0 radical (unpaired) electrons. The number of rotatable bonds is 3. The lowest BCUT2D eigenvalue weighted by Gasteiger charge is -2.33. The molecule has 17 heavy (non-hydrogen) atoms. The summed E-state index contributed by atoms with van der Waals surface area (Å²) in [5.41, 5.74) is 0. The topological polar surface area (TPSA) is 38.2 Å². The van der Waals surface area contributed by atoms with E-state index >= 15 is 0 Å². The highest BCUT2D eigenvalue weighted by Gasteiger charge is 2.21. The van der Waals surface area contributed by atoms with Crippen molar-refractivity contribution in [1.29, 1.82) is 0 Å². The summed E-state index contributed by atoms with van der Waals surface area (Å²) in [6.07, 6.45) is 2.45. The molecule has 0 aliphatic carbocycles. The predicted molar refractivity (Wildman–Crippen MR) is 71.3 cm³/mol. The average Bonchev–Trinajstić information content (AvgIpc) is 2.28. The van der Waals surface area contributed by atoms with Gasteiger partial charge in [0.2, 0.25) is 0 Å². The lowest BCUT2D eigenvalue weighted by Crippen LogP contribution is -2.37. The van der Waals surface area contributed by atoms with E-state index < -0.39 is 0 Å². The van der Waals surface area contributed by atoms with E-state index in [1.54, 1.807) is 7.11 Å². The number of piperidine rings is 1. The molecule has 0 amide bonds. The summed E-state index contributed by atoms with van der Waals surface area (Å²) >= 11 is 3.42. The molecular formula is C12H18BrN3O. The highest BCUT2D eigenvalue weighted by atomic mass is 79.9. The van der Waals surface area contributed by atoms with Crippen molar-refractivity contribution >= 4 is 21.7 Å². The van der Waals surface area contributed by atoms with Gasteiger partial charge in [-0.1, -0.05) is 0 Å². The second-order valence-electron chi connectivity index (χ2n) is 4.51. The van der Waals surface area contributed by atoms with Crippen molar-refractivity contribution in [3.63, 3.8) is 0 Å². The van der Waals surface area contributed by atoms with Crippen LogP contribution in [0.4, 0.5) is 5.82 Å². The fourth-order valence-electron chi connectivity index (χ4n) is 2.32. The van der Waals surface area contributed by atoms with Gasteiger partial charge >= 0.3 is 0 Å². The first-order chi connectivity index (χ1) is 8.19. The Kier molecular flexibility index (Phi) is 4.34. The first kappa shape index (κ1) is 12.8. The van der Waals surface area contributed by atoms with Crippen LogP contribution in [0.3, 0.4) is 0 Å². The van der Waals surface area contributed by atoms with Gasteiger partial charge < -0.3 is 9.64 Å². The van der Waals surface area contributed by atoms with Gasteiger partial charge in [0, 0.05) is 26.3 Å². The van der Waals surface area contributed by atoms with Crippen molar-refractivity contribution in [1.82, 2.24) is 9.97 Å². The van der Waals surface area contributed by atoms with Crippen LogP contribution in [-0.4, -0.2) is 36.8 Å². The first-order valence-electron chi connectivity index (χ1n) is 5.94. The molecule has 0 N–H and O–H groups in total. The SMILES string of the molecule is COCC1CCCN(c2cc(Br)nc(C)n2)C1. The Morgan fingerprint density at radius 2 is 2.35 bits per heavy atom. The number of hydrogen-bond acceptors (Lipinski definition) is 4. The van der Waals surface area contributed by atoms with Gasteiger partial charge in [0.05, 0.1) is 6.61 Å². The quantitative estimate of drug-likeness (QED) is 0.804. The maximum Gasteiger partial charge on any atom is 0.133 e. The van der Waals surface area contributed by atoms with E-state index in [1.807, 2.05) is 13.0 Å². The minimum absolute atomic E-state index is 0.614. The van der Waals surface area contributed by atoms with Crippen LogP contribution in [0.25, 0.3) is 0 Å². The molecule has 1 aromatic heterocycles. The summed E-state index contributed by atoms with van der Waals surface area (Å²) in [4.78, 5) is 11.1.